The van der Waals surface area contributed by atoms with Crippen molar-refractivity contribution in [3.05, 3.63) is 101 Å². The first kappa shape index (κ1) is 28.4. The van der Waals surface area contributed by atoms with E-state index in [1.165, 1.54) is 24.3 Å². The van der Waals surface area contributed by atoms with Crippen LogP contribution in [0.15, 0.2) is 71.6 Å². The third kappa shape index (κ3) is 5.54. The first-order valence-electron chi connectivity index (χ1n) is 12.3. The van der Waals surface area contributed by atoms with Gasteiger partial charge in [-0.2, -0.15) is 13.5 Å². The minimum Gasteiger partial charge on any atom is -0.481 e. The predicted molar refractivity (Wildman–Crippen MR) is 155 cm³/mol. The zero-order valence-electron chi connectivity index (χ0n) is 21.6. The number of aryl methyl sites for hydroxylation is 1. The number of rotatable bonds is 6. The quantitative estimate of drug-likeness (QED) is 0.261. The molecule has 0 amide bonds. The molecule has 8 heteroatoms. The van der Waals surface area contributed by atoms with Gasteiger partial charge in [0.1, 0.15) is 11.6 Å². The Morgan fingerprint density at radius 3 is 2.45 bits per heavy atom. The van der Waals surface area contributed by atoms with Gasteiger partial charge < -0.3 is 15.2 Å². The van der Waals surface area contributed by atoms with E-state index in [1.54, 1.807) is 31.0 Å². The van der Waals surface area contributed by atoms with Crippen LogP contribution in [0, 0.1) is 18.6 Å². The number of hydrogen-bond acceptors (Lipinski definition) is 5. The summed E-state index contributed by atoms with van der Waals surface area (Å²) in [6, 6.07) is 19.1. The van der Waals surface area contributed by atoms with E-state index in [0.29, 0.717) is 41.7 Å². The molecule has 4 nitrogen and oxygen atoms in total. The molecule has 3 unspecified atom stereocenters. The average Bonchev–Trinajstić information content (AvgIpc) is 2.88. The number of benzene rings is 3. The van der Waals surface area contributed by atoms with Gasteiger partial charge in [0.05, 0.1) is 18.2 Å². The Hall–Kier alpha value is -2.65. The molecule has 0 bridgehead atoms. The number of piperidine rings is 1. The lowest BCUT2D eigenvalue weighted by molar-refractivity contribution is -0.0197. The first-order valence-corrected chi connectivity index (χ1v) is 13.5. The van der Waals surface area contributed by atoms with Crippen molar-refractivity contribution in [1.82, 2.24) is 10.3 Å². The van der Waals surface area contributed by atoms with Crippen molar-refractivity contribution in [2.24, 2.45) is 0 Å². The second-order valence-electron chi connectivity index (χ2n) is 9.70. The second-order valence-corrected chi connectivity index (χ2v) is 10.6. The van der Waals surface area contributed by atoms with E-state index < -0.39 is 11.5 Å². The summed E-state index contributed by atoms with van der Waals surface area (Å²) in [7, 11) is 1.56. The summed E-state index contributed by atoms with van der Waals surface area (Å²) in [6.07, 6.45) is 2.91. The highest BCUT2D eigenvalue weighted by molar-refractivity contribution is 7.98. The van der Waals surface area contributed by atoms with Gasteiger partial charge in [0.2, 0.25) is 5.88 Å². The van der Waals surface area contributed by atoms with Gasteiger partial charge in [-0.1, -0.05) is 18.2 Å². The van der Waals surface area contributed by atoms with Crippen molar-refractivity contribution < 1.29 is 18.6 Å². The second kappa shape index (κ2) is 11.6. The number of pyridine rings is 1. The molecule has 1 fully saturated rings. The van der Waals surface area contributed by atoms with Crippen LogP contribution in [-0.4, -0.2) is 35.6 Å². The van der Waals surface area contributed by atoms with E-state index in [2.05, 4.69) is 10.3 Å². The Morgan fingerprint density at radius 1 is 1.05 bits per heavy atom. The smallest absolute Gasteiger partial charge is 0.217 e. The zero-order chi connectivity index (χ0) is 26.2. The van der Waals surface area contributed by atoms with Gasteiger partial charge in [0, 0.05) is 27.8 Å². The third-order valence-electron chi connectivity index (χ3n) is 7.37. The number of aliphatic hydroxyl groups is 1. The highest BCUT2D eigenvalue weighted by Gasteiger charge is 2.44. The normalized spacial score (nSPS) is 20.1. The zero-order valence-corrected chi connectivity index (χ0v) is 23.4. The predicted octanol–water partition coefficient (Wildman–Crippen LogP) is 6.65. The number of halogens is 2. The molecule has 2 heterocycles. The van der Waals surface area contributed by atoms with Crippen LogP contribution in [0.1, 0.15) is 47.1 Å². The van der Waals surface area contributed by atoms with E-state index in [1.807, 2.05) is 43.5 Å². The minimum atomic E-state index is -1.17. The molecule has 1 saturated heterocycles. The van der Waals surface area contributed by atoms with Crippen molar-refractivity contribution >= 4 is 36.2 Å². The fourth-order valence-electron chi connectivity index (χ4n) is 5.59. The molecule has 1 aliphatic heterocycles. The van der Waals surface area contributed by atoms with E-state index in [-0.39, 0.29) is 31.2 Å². The van der Waals surface area contributed by atoms with Crippen molar-refractivity contribution in [3.63, 3.8) is 0 Å². The Balaban J connectivity index is 0.00000336. The molecule has 1 aliphatic rings. The van der Waals surface area contributed by atoms with E-state index in [4.69, 9.17) is 4.74 Å². The fourth-order valence-corrected chi connectivity index (χ4v) is 6.00. The van der Waals surface area contributed by atoms with Crippen molar-refractivity contribution in [2.75, 3.05) is 19.9 Å². The molecule has 38 heavy (non-hydrogen) atoms. The van der Waals surface area contributed by atoms with Crippen LogP contribution in [0.5, 0.6) is 5.88 Å². The topological polar surface area (TPSA) is 54.4 Å². The van der Waals surface area contributed by atoms with Crippen LogP contribution >= 0.6 is 25.3 Å². The SMILES string of the molecule is COc1nc2ccc(F)cc2cc1C(c1ccc(SC)cc1)C1(O)CCNC(c2ccc(F)cc2C)C1.S. The molecule has 4 aromatic rings. The van der Waals surface area contributed by atoms with Gasteiger partial charge in [-0.25, -0.2) is 13.8 Å². The average molecular weight is 555 g/mol. The molecule has 5 rings (SSSR count). The molecule has 0 radical (unpaired) electrons. The lowest BCUT2D eigenvalue weighted by atomic mass is 9.70. The monoisotopic (exact) mass is 554 g/mol. The highest BCUT2D eigenvalue weighted by atomic mass is 32.2. The molecular formula is C30H32F2N2O2S2. The van der Waals surface area contributed by atoms with Gasteiger partial charge in [-0.3, -0.25) is 0 Å². The van der Waals surface area contributed by atoms with Gasteiger partial charge in [-0.15, -0.1) is 11.8 Å². The van der Waals surface area contributed by atoms with Gasteiger partial charge in [-0.05, 0) is 97.8 Å². The summed E-state index contributed by atoms with van der Waals surface area (Å²) in [5.74, 6) is -0.708. The number of nitrogens with one attached hydrogen (secondary N) is 1. The Labute approximate surface area is 233 Å². The fraction of sp³-hybridized carbons (Fsp3) is 0.300. The molecule has 0 saturated carbocycles. The van der Waals surface area contributed by atoms with Crippen molar-refractivity contribution in [1.29, 1.82) is 0 Å². The summed E-state index contributed by atoms with van der Waals surface area (Å²) in [5, 5.41) is 16.6. The highest BCUT2D eigenvalue weighted by Crippen LogP contribution is 2.47. The maximum Gasteiger partial charge on any atom is 0.217 e. The molecule has 0 aliphatic carbocycles. The standard InChI is InChI=1S/C30H30F2N2O2S.H2S/c1-18-14-21(31)6-10-24(18)27-17-30(35,12-13-33-27)28(19-4-8-23(37-3)9-5-19)25-16-20-15-22(32)7-11-26(20)34-29(25)36-2;/h4-11,14-16,27-28,33,35H,12-13,17H2,1-3H3;1H2. The van der Waals surface area contributed by atoms with E-state index in [0.717, 1.165) is 21.6 Å². The summed E-state index contributed by atoms with van der Waals surface area (Å²) in [6.45, 7) is 2.46. The van der Waals surface area contributed by atoms with Gasteiger partial charge in [0.15, 0.2) is 0 Å². The first-order chi connectivity index (χ1) is 17.8. The van der Waals surface area contributed by atoms with Crippen molar-refractivity contribution in [3.8, 4) is 5.88 Å². The number of ether oxygens (including phenoxy) is 1. The molecule has 2 N–H and O–H groups in total. The molecule has 1 aromatic heterocycles. The number of nitrogens with zero attached hydrogens (tertiary/aromatic N) is 1. The molecule has 0 spiro atoms. The Kier molecular flexibility index (Phi) is 8.67. The molecular weight excluding hydrogens is 522 g/mol. The Morgan fingerprint density at radius 2 is 1.76 bits per heavy atom. The van der Waals surface area contributed by atoms with Crippen LogP contribution in [0.4, 0.5) is 8.78 Å². The maximum absolute atomic E-state index is 14.1. The third-order valence-corrected chi connectivity index (χ3v) is 8.12. The van der Waals surface area contributed by atoms with Crippen LogP contribution in [0.25, 0.3) is 10.9 Å². The van der Waals surface area contributed by atoms with E-state index in [9.17, 15) is 13.9 Å². The van der Waals surface area contributed by atoms with E-state index >= 15 is 0 Å². The molecule has 3 aromatic carbocycles. The Bertz CT molecular complexity index is 1430. The van der Waals surface area contributed by atoms with Gasteiger partial charge >= 0.3 is 0 Å². The number of thioether (sulfide) groups is 1. The van der Waals surface area contributed by atoms with Crippen LogP contribution < -0.4 is 10.1 Å². The maximum atomic E-state index is 14.1. The van der Waals surface area contributed by atoms with Crippen LogP contribution in [-0.2, 0) is 0 Å². The number of aromatic nitrogens is 1. The molecule has 200 valence electrons. The van der Waals surface area contributed by atoms with Crippen LogP contribution in [0.3, 0.4) is 0 Å². The summed E-state index contributed by atoms with van der Waals surface area (Å²) in [4.78, 5) is 5.80. The minimum absolute atomic E-state index is 0. The summed E-state index contributed by atoms with van der Waals surface area (Å²) >= 11 is 1.65. The van der Waals surface area contributed by atoms with Gasteiger partial charge in [0.25, 0.3) is 0 Å². The largest absolute Gasteiger partial charge is 0.481 e. The summed E-state index contributed by atoms with van der Waals surface area (Å²) < 4.78 is 33.7. The number of fused-ring (bicyclic) bond motifs is 1. The lowest BCUT2D eigenvalue weighted by Gasteiger charge is -2.44. The summed E-state index contributed by atoms with van der Waals surface area (Å²) in [5.41, 5.74) is 2.87. The number of hydrogen-bond donors (Lipinski definition) is 2. The number of methoxy groups -OCH3 is 1. The van der Waals surface area contributed by atoms with Crippen LogP contribution in [0.2, 0.25) is 0 Å². The van der Waals surface area contributed by atoms with Crippen molar-refractivity contribution in [2.45, 2.75) is 42.2 Å². The molecule has 3 atom stereocenters. The lowest BCUT2D eigenvalue weighted by Crippen LogP contribution is -2.48.